The Balaban J connectivity index is 0.000000161. The van der Waals surface area contributed by atoms with E-state index in [1.165, 1.54) is 44.1 Å². The first-order valence-electron chi connectivity index (χ1n) is 19.0. The van der Waals surface area contributed by atoms with Gasteiger partial charge < -0.3 is 9.13 Å². The molecule has 0 radical (unpaired) electrons. The predicted octanol–water partition coefficient (Wildman–Crippen LogP) is 12.5. The van der Waals surface area contributed by atoms with Gasteiger partial charge in [-0.2, -0.15) is 72.8 Å². The van der Waals surface area contributed by atoms with Crippen molar-refractivity contribution >= 4 is 32.8 Å². The Kier molecular flexibility index (Phi) is 10.6. The molecule has 0 fully saturated rings. The van der Waals surface area contributed by atoms with Gasteiger partial charge in [-0.3, -0.25) is 4.57 Å². The fourth-order valence-corrected chi connectivity index (χ4v) is 7.39. The van der Waals surface area contributed by atoms with Crippen LogP contribution in [0.5, 0.6) is 0 Å². The topological polar surface area (TPSA) is 13.7 Å². The zero-order valence-corrected chi connectivity index (χ0v) is 34.3. The second kappa shape index (κ2) is 16.1. The van der Waals surface area contributed by atoms with Gasteiger partial charge in [0, 0.05) is 5.52 Å². The first-order chi connectivity index (χ1) is 27.4. The second-order valence-corrected chi connectivity index (χ2v) is 15.0. The van der Waals surface area contributed by atoms with E-state index >= 15 is 0 Å². The van der Waals surface area contributed by atoms with Gasteiger partial charge in [0.2, 0.25) is 0 Å². The van der Waals surface area contributed by atoms with Crippen LogP contribution in [-0.2, 0) is 26.5 Å². The Hall–Kier alpha value is -6.28. The van der Waals surface area contributed by atoms with Crippen LogP contribution in [0.25, 0.3) is 72.2 Å². The molecule has 0 amide bonds. The molecule has 0 aliphatic carbocycles. The summed E-state index contributed by atoms with van der Waals surface area (Å²) in [6, 6.07) is 75.6. The van der Waals surface area contributed by atoms with Crippen molar-refractivity contribution in [3.8, 4) is 39.3 Å². The van der Waals surface area contributed by atoms with Crippen LogP contribution in [0, 0.1) is 24.5 Å². The van der Waals surface area contributed by atoms with Crippen LogP contribution in [0.2, 0.25) is 0 Å². The van der Waals surface area contributed by atoms with Crippen molar-refractivity contribution in [3.63, 3.8) is 0 Å². The molecular formula is C53H40N3Pt+. The summed E-state index contributed by atoms with van der Waals surface area (Å²) >= 11 is 0. The van der Waals surface area contributed by atoms with Gasteiger partial charge in [-0.1, -0.05) is 147 Å². The van der Waals surface area contributed by atoms with Gasteiger partial charge in [0.25, 0.3) is 6.33 Å². The van der Waals surface area contributed by atoms with Crippen molar-refractivity contribution in [1.29, 1.82) is 0 Å². The molecule has 2 heterocycles. The van der Waals surface area contributed by atoms with E-state index in [2.05, 4.69) is 217 Å². The van der Waals surface area contributed by atoms with E-state index in [1.54, 1.807) is 0 Å². The standard InChI is InChI=1S/C30H19N.C23H21N2.Pt/c1-4-10-22(11-5-1)24-16-18-29-27(20-24)28-21-25(23-12-6-2-7-13-23)17-19-30(28)31(29)26-14-8-3-9-15-26;1-23(2,3)18-13-15-20(16-14-18)25-17-24(19-9-5-4-6-10-19)21-11-7-8-12-22(21)25;/h1-14,16-18,20-21H;4-9,11-16H,1-3H3;/q-2;-1;+4. The average Bonchev–Trinajstić information content (AvgIpc) is 3.81. The summed E-state index contributed by atoms with van der Waals surface area (Å²) in [5.74, 6) is 0. The maximum atomic E-state index is 3.58. The first-order valence-corrected chi connectivity index (χ1v) is 19.0. The van der Waals surface area contributed by atoms with E-state index in [0.717, 1.165) is 33.6 Å². The third-order valence-electron chi connectivity index (χ3n) is 10.3. The van der Waals surface area contributed by atoms with Crippen molar-refractivity contribution in [2.45, 2.75) is 26.2 Å². The minimum atomic E-state index is 0. The molecule has 10 aromatic rings. The van der Waals surface area contributed by atoms with Crippen molar-refractivity contribution < 1.29 is 25.6 Å². The summed E-state index contributed by atoms with van der Waals surface area (Å²) in [6.45, 7) is 6.70. The summed E-state index contributed by atoms with van der Waals surface area (Å²) in [5.41, 5.74) is 13.9. The van der Waals surface area contributed by atoms with E-state index in [-0.39, 0.29) is 26.5 Å². The molecule has 0 spiro atoms. The Morgan fingerprint density at radius 2 is 1.09 bits per heavy atom. The third-order valence-corrected chi connectivity index (χ3v) is 10.3. The van der Waals surface area contributed by atoms with Gasteiger partial charge in [0.1, 0.15) is 0 Å². The number of imidazole rings is 1. The van der Waals surface area contributed by atoms with Crippen molar-refractivity contribution in [1.82, 2.24) is 9.13 Å². The third kappa shape index (κ3) is 7.52. The molecule has 4 heteroatoms. The van der Waals surface area contributed by atoms with E-state index in [0.29, 0.717) is 0 Å². The molecule has 8 aromatic carbocycles. The smallest absolute Gasteiger partial charge is 0.358 e. The molecule has 0 saturated heterocycles. The number of hydrogen-bond donors (Lipinski definition) is 0. The first kappa shape index (κ1) is 37.6. The number of rotatable bonds is 5. The fraction of sp³-hybridized carbons (Fsp3) is 0.0755. The zero-order valence-electron chi connectivity index (χ0n) is 32.1. The number of para-hydroxylation sites is 4. The van der Waals surface area contributed by atoms with Gasteiger partial charge >= 0.3 is 21.1 Å². The van der Waals surface area contributed by atoms with E-state index in [9.17, 15) is 0 Å². The maximum Gasteiger partial charge on any atom is 4.00 e. The van der Waals surface area contributed by atoms with Crippen LogP contribution >= 0.6 is 0 Å². The Labute approximate surface area is 349 Å². The van der Waals surface area contributed by atoms with E-state index in [4.69, 9.17) is 0 Å². The van der Waals surface area contributed by atoms with Gasteiger partial charge in [-0.15, -0.1) is 17.0 Å². The van der Waals surface area contributed by atoms with Crippen LogP contribution in [0.1, 0.15) is 26.3 Å². The Morgan fingerprint density at radius 3 is 1.74 bits per heavy atom. The number of hydrogen-bond acceptors (Lipinski definition) is 0. The molecule has 2 aromatic heterocycles. The monoisotopic (exact) mass is 913 g/mol. The summed E-state index contributed by atoms with van der Waals surface area (Å²) < 4.78 is 6.43. The average molecular weight is 914 g/mol. The summed E-state index contributed by atoms with van der Waals surface area (Å²) in [4.78, 5) is 0. The number of benzene rings is 8. The van der Waals surface area contributed by atoms with Gasteiger partial charge in [0.15, 0.2) is 0 Å². The quantitative estimate of drug-likeness (QED) is 0.121. The van der Waals surface area contributed by atoms with Crippen molar-refractivity contribution in [3.05, 3.63) is 218 Å². The molecule has 0 unspecified atom stereocenters. The SMILES string of the molecule is CC(C)(C)c1ccc(-[n+]2[c-]n(-c3[c-]cccc3)c3ccccc32)cc1.[Pt+4].[c-]1ccccc1-n1c2[c-]cc(-c3ccccc3)cc2c2cc(-c3ccccc3)ccc21. The summed E-state index contributed by atoms with van der Waals surface area (Å²) in [5, 5.41) is 2.43. The number of fused-ring (bicyclic) bond motifs is 4. The predicted molar refractivity (Wildman–Crippen MR) is 231 cm³/mol. The van der Waals surface area contributed by atoms with Crippen LogP contribution in [0.15, 0.2) is 188 Å². The molecule has 0 aliphatic heterocycles. The molecule has 0 saturated carbocycles. The van der Waals surface area contributed by atoms with E-state index in [1.807, 2.05) is 30.3 Å². The molecule has 0 N–H and O–H groups in total. The minimum Gasteiger partial charge on any atom is -0.358 e. The maximum absolute atomic E-state index is 3.58. The summed E-state index contributed by atoms with van der Waals surface area (Å²) in [6.07, 6.45) is 3.48. The van der Waals surface area contributed by atoms with E-state index < -0.39 is 0 Å². The Morgan fingerprint density at radius 1 is 0.491 bits per heavy atom. The van der Waals surface area contributed by atoms with Gasteiger partial charge in [0.05, 0.1) is 16.7 Å². The molecule has 0 bridgehead atoms. The largest absolute Gasteiger partial charge is 4.00 e. The molecule has 57 heavy (non-hydrogen) atoms. The molecule has 3 nitrogen and oxygen atoms in total. The van der Waals surface area contributed by atoms with Gasteiger partial charge in [-0.25, -0.2) is 0 Å². The van der Waals surface area contributed by atoms with Crippen LogP contribution < -0.4 is 4.57 Å². The zero-order chi connectivity index (χ0) is 38.1. The molecular weight excluding hydrogens is 874 g/mol. The Bertz CT molecular complexity index is 2810. The summed E-state index contributed by atoms with van der Waals surface area (Å²) in [7, 11) is 0. The minimum absolute atomic E-state index is 0. The van der Waals surface area contributed by atoms with Gasteiger partial charge in [-0.05, 0) is 51.4 Å². The van der Waals surface area contributed by atoms with Crippen LogP contribution in [-0.4, -0.2) is 9.13 Å². The molecule has 0 atom stereocenters. The second-order valence-electron chi connectivity index (χ2n) is 15.0. The van der Waals surface area contributed by atoms with Crippen molar-refractivity contribution in [2.75, 3.05) is 0 Å². The van der Waals surface area contributed by atoms with Crippen LogP contribution in [0.4, 0.5) is 0 Å². The van der Waals surface area contributed by atoms with Crippen LogP contribution in [0.3, 0.4) is 0 Å². The normalized spacial score (nSPS) is 11.3. The molecule has 0 aliphatic rings. The molecule has 10 rings (SSSR count). The number of nitrogens with zero attached hydrogens (tertiary/aromatic N) is 3. The molecule has 276 valence electrons. The van der Waals surface area contributed by atoms with Crippen molar-refractivity contribution in [2.24, 2.45) is 0 Å². The fourth-order valence-electron chi connectivity index (χ4n) is 7.39. The number of aromatic nitrogens is 3.